The Morgan fingerprint density at radius 2 is 2.05 bits per heavy atom. The molecule has 96 valence electrons. The van der Waals surface area contributed by atoms with Crippen molar-refractivity contribution in [1.29, 1.82) is 0 Å². The van der Waals surface area contributed by atoms with E-state index in [9.17, 15) is 4.79 Å². The zero-order valence-electron chi connectivity index (χ0n) is 10.4. The topological polar surface area (TPSA) is 63.6 Å². The number of carbonyl (C=O) groups is 1. The number of rotatable bonds is 1. The highest BCUT2D eigenvalue weighted by Gasteiger charge is 2.12. The van der Waals surface area contributed by atoms with Gasteiger partial charge in [0.15, 0.2) is 0 Å². The molecule has 4 aromatic rings. The number of para-hydroxylation sites is 1. The summed E-state index contributed by atoms with van der Waals surface area (Å²) in [6.45, 7) is 0. The average Bonchev–Trinajstić information content (AvgIpc) is 3.13. The van der Waals surface area contributed by atoms with E-state index >= 15 is 0 Å². The highest BCUT2D eigenvalue weighted by molar-refractivity contribution is 6.09. The zero-order valence-corrected chi connectivity index (χ0v) is 10.4. The zero-order chi connectivity index (χ0) is 13.5. The fraction of sp³-hybridized carbons (Fsp3) is 0. The third kappa shape index (κ3) is 1.53. The monoisotopic (exact) mass is 262 g/mol. The van der Waals surface area contributed by atoms with Crippen LogP contribution in [0.25, 0.3) is 21.8 Å². The van der Waals surface area contributed by atoms with Gasteiger partial charge in [0, 0.05) is 28.7 Å². The summed E-state index contributed by atoms with van der Waals surface area (Å²) >= 11 is 0. The Balaban J connectivity index is 1.94. The molecule has 0 fully saturated rings. The lowest BCUT2D eigenvalue weighted by molar-refractivity contribution is 0.0955. The molecule has 0 radical (unpaired) electrons. The van der Waals surface area contributed by atoms with Crippen molar-refractivity contribution in [2.24, 2.45) is 0 Å². The first kappa shape index (κ1) is 10.9. The Morgan fingerprint density at radius 1 is 1.15 bits per heavy atom. The number of carbonyl (C=O) groups excluding carboxylic acids is 1. The number of H-pyrrole nitrogens is 1. The summed E-state index contributed by atoms with van der Waals surface area (Å²) in [6, 6.07) is 9.80. The molecule has 0 aliphatic carbocycles. The maximum atomic E-state index is 12.3. The number of hydrogen-bond acceptors (Lipinski definition) is 3. The summed E-state index contributed by atoms with van der Waals surface area (Å²) in [5.41, 5.74) is 2.37. The quantitative estimate of drug-likeness (QED) is 0.573. The van der Waals surface area contributed by atoms with Crippen LogP contribution in [0.2, 0.25) is 0 Å². The van der Waals surface area contributed by atoms with E-state index in [1.807, 2.05) is 30.3 Å². The van der Waals surface area contributed by atoms with Crippen molar-refractivity contribution >= 4 is 27.7 Å². The van der Waals surface area contributed by atoms with E-state index in [1.165, 1.54) is 10.9 Å². The van der Waals surface area contributed by atoms with Gasteiger partial charge in [-0.05, 0) is 12.1 Å². The number of aromatic nitrogens is 4. The lowest BCUT2D eigenvalue weighted by Crippen LogP contribution is -2.11. The Labute approximate surface area is 113 Å². The molecule has 4 rings (SSSR count). The molecule has 20 heavy (non-hydrogen) atoms. The Hall–Kier alpha value is -2.95. The smallest absolute Gasteiger partial charge is 0.281 e. The largest absolute Gasteiger partial charge is 0.353 e. The van der Waals surface area contributed by atoms with Crippen LogP contribution in [0.3, 0.4) is 0 Å². The maximum absolute atomic E-state index is 12.3. The van der Waals surface area contributed by atoms with E-state index in [-0.39, 0.29) is 5.91 Å². The third-order valence-electron chi connectivity index (χ3n) is 3.35. The summed E-state index contributed by atoms with van der Waals surface area (Å²) in [5.74, 6) is -0.185. The second-order valence-electron chi connectivity index (χ2n) is 4.56. The van der Waals surface area contributed by atoms with E-state index < -0.39 is 0 Å². The molecule has 0 atom stereocenters. The van der Waals surface area contributed by atoms with Crippen molar-refractivity contribution < 1.29 is 4.79 Å². The number of benzene rings is 1. The second kappa shape index (κ2) is 4.03. The fourth-order valence-electron chi connectivity index (χ4n) is 2.38. The molecule has 0 aliphatic heterocycles. The first-order valence-corrected chi connectivity index (χ1v) is 6.22. The molecule has 0 amide bonds. The molecule has 1 N–H and O–H groups in total. The molecule has 0 spiro atoms. The number of nitrogens with zero attached hydrogens (tertiary/aromatic N) is 3. The normalized spacial score (nSPS) is 11.2. The molecule has 3 heterocycles. The van der Waals surface area contributed by atoms with Gasteiger partial charge >= 0.3 is 0 Å². The molecule has 0 aliphatic rings. The van der Waals surface area contributed by atoms with Crippen LogP contribution in [-0.2, 0) is 0 Å². The minimum absolute atomic E-state index is 0.185. The van der Waals surface area contributed by atoms with Crippen LogP contribution in [0.4, 0.5) is 0 Å². The van der Waals surface area contributed by atoms with Crippen molar-refractivity contribution in [1.82, 2.24) is 19.5 Å². The molecule has 0 saturated carbocycles. The van der Waals surface area contributed by atoms with E-state index in [2.05, 4.69) is 15.0 Å². The van der Waals surface area contributed by atoms with Gasteiger partial charge in [-0.25, -0.2) is 9.97 Å². The van der Waals surface area contributed by atoms with E-state index in [4.69, 9.17) is 0 Å². The van der Waals surface area contributed by atoms with Gasteiger partial charge in [0.2, 0.25) is 0 Å². The Kier molecular flexibility index (Phi) is 2.20. The number of fused-ring (bicyclic) bond motifs is 3. The van der Waals surface area contributed by atoms with Crippen molar-refractivity contribution in [3.63, 3.8) is 0 Å². The second-order valence-corrected chi connectivity index (χ2v) is 4.56. The number of pyridine rings is 1. The van der Waals surface area contributed by atoms with Gasteiger partial charge in [-0.15, -0.1) is 0 Å². The van der Waals surface area contributed by atoms with Gasteiger partial charge in [-0.3, -0.25) is 9.36 Å². The fourth-order valence-corrected chi connectivity index (χ4v) is 2.38. The van der Waals surface area contributed by atoms with Crippen molar-refractivity contribution in [2.75, 3.05) is 0 Å². The van der Waals surface area contributed by atoms with Crippen LogP contribution in [0.15, 0.2) is 55.2 Å². The molecular formula is C15H10N4O. The van der Waals surface area contributed by atoms with Crippen LogP contribution >= 0.6 is 0 Å². The van der Waals surface area contributed by atoms with Gasteiger partial charge in [-0.1, -0.05) is 18.2 Å². The molecule has 0 bridgehead atoms. The SMILES string of the molecule is O=C(c1cc2c(cn1)[nH]c1ccccc12)n1ccnc1. The van der Waals surface area contributed by atoms with Gasteiger partial charge < -0.3 is 4.98 Å². The lowest BCUT2D eigenvalue weighted by Gasteiger charge is -2.00. The first-order valence-electron chi connectivity index (χ1n) is 6.22. The average molecular weight is 262 g/mol. The molecular weight excluding hydrogens is 252 g/mol. The van der Waals surface area contributed by atoms with E-state index in [1.54, 1.807) is 18.6 Å². The first-order chi connectivity index (χ1) is 9.83. The molecule has 0 saturated heterocycles. The van der Waals surface area contributed by atoms with Gasteiger partial charge in [0.1, 0.15) is 12.0 Å². The van der Waals surface area contributed by atoms with Gasteiger partial charge in [-0.2, -0.15) is 0 Å². The molecule has 0 unspecified atom stereocenters. The summed E-state index contributed by atoms with van der Waals surface area (Å²) in [7, 11) is 0. The molecule has 1 aromatic carbocycles. The standard InChI is InChI=1S/C15H10N4O/c20-15(19-6-5-16-9-19)13-7-11-10-3-1-2-4-12(10)18-14(11)8-17-13/h1-9,18H. The molecule has 3 aromatic heterocycles. The van der Waals surface area contributed by atoms with Gasteiger partial charge in [0.25, 0.3) is 5.91 Å². The van der Waals surface area contributed by atoms with Crippen molar-refractivity contribution in [3.05, 3.63) is 60.9 Å². The summed E-state index contributed by atoms with van der Waals surface area (Å²) in [5, 5.41) is 2.09. The van der Waals surface area contributed by atoms with Crippen LogP contribution in [0.5, 0.6) is 0 Å². The van der Waals surface area contributed by atoms with Crippen LogP contribution in [0, 0.1) is 0 Å². The van der Waals surface area contributed by atoms with Crippen LogP contribution in [0.1, 0.15) is 10.5 Å². The number of hydrogen-bond donors (Lipinski definition) is 1. The number of nitrogens with one attached hydrogen (secondary N) is 1. The van der Waals surface area contributed by atoms with Crippen molar-refractivity contribution in [2.45, 2.75) is 0 Å². The van der Waals surface area contributed by atoms with Crippen LogP contribution < -0.4 is 0 Å². The molecule has 5 heteroatoms. The minimum Gasteiger partial charge on any atom is -0.353 e. The van der Waals surface area contributed by atoms with Crippen LogP contribution in [-0.4, -0.2) is 25.4 Å². The molecule has 5 nitrogen and oxygen atoms in total. The van der Waals surface area contributed by atoms with Crippen molar-refractivity contribution in [3.8, 4) is 0 Å². The van der Waals surface area contributed by atoms with E-state index in [0.717, 1.165) is 21.8 Å². The maximum Gasteiger partial charge on any atom is 0.281 e. The highest BCUT2D eigenvalue weighted by Crippen LogP contribution is 2.25. The Bertz CT molecular complexity index is 922. The number of aromatic amines is 1. The van der Waals surface area contributed by atoms with E-state index in [0.29, 0.717) is 5.69 Å². The third-order valence-corrected chi connectivity index (χ3v) is 3.35. The summed E-state index contributed by atoms with van der Waals surface area (Å²) in [4.78, 5) is 23.7. The summed E-state index contributed by atoms with van der Waals surface area (Å²) in [6.07, 6.45) is 6.36. The predicted molar refractivity (Wildman–Crippen MR) is 75.6 cm³/mol. The highest BCUT2D eigenvalue weighted by atomic mass is 16.2. The lowest BCUT2D eigenvalue weighted by atomic mass is 10.1. The van der Waals surface area contributed by atoms with Gasteiger partial charge in [0.05, 0.1) is 11.7 Å². The minimum atomic E-state index is -0.185. The predicted octanol–water partition coefficient (Wildman–Crippen LogP) is 2.60. The Morgan fingerprint density at radius 3 is 2.90 bits per heavy atom. The summed E-state index contributed by atoms with van der Waals surface area (Å²) < 4.78 is 1.42. The number of imidazole rings is 1.